The second kappa shape index (κ2) is 5.94. The maximum absolute atomic E-state index is 12.8. The first-order chi connectivity index (χ1) is 9.77. The third-order valence-electron chi connectivity index (χ3n) is 4.03. The molecule has 1 heterocycles. The van der Waals surface area contributed by atoms with E-state index in [0.717, 1.165) is 25.9 Å². The molecule has 1 aromatic carbocycles. The predicted molar refractivity (Wildman–Crippen MR) is 83.3 cm³/mol. The zero-order valence-corrected chi connectivity index (χ0v) is 13.9. The number of aryl methyl sites for hydroxylation is 2. The van der Waals surface area contributed by atoms with Crippen LogP contribution < -0.4 is 14.8 Å². The molecule has 6 heteroatoms. The van der Waals surface area contributed by atoms with Crippen molar-refractivity contribution in [1.29, 1.82) is 0 Å². The zero-order chi connectivity index (χ0) is 15.7. The fraction of sp³-hybridized carbons (Fsp3) is 0.600. The van der Waals surface area contributed by atoms with Crippen molar-refractivity contribution < 1.29 is 13.2 Å². The molecule has 1 aliphatic heterocycles. The number of benzene rings is 1. The Kier molecular flexibility index (Phi) is 4.60. The number of sulfonamides is 1. The Balaban J connectivity index is 2.36. The summed E-state index contributed by atoms with van der Waals surface area (Å²) >= 11 is 0. The zero-order valence-electron chi connectivity index (χ0n) is 13.1. The number of nitrogens with one attached hydrogen (secondary N) is 2. The van der Waals surface area contributed by atoms with Crippen LogP contribution in [0.1, 0.15) is 30.9 Å². The Bertz CT molecular complexity index is 597. The average Bonchev–Trinajstić information content (AvgIpc) is 2.36. The fourth-order valence-corrected chi connectivity index (χ4v) is 4.83. The van der Waals surface area contributed by atoms with E-state index in [9.17, 15) is 8.42 Å². The Labute approximate surface area is 127 Å². The van der Waals surface area contributed by atoms with Crippen molar-refractivity contribution in [3.63, 3.8) is 0 Å². The van der Waals surface area contributed by atoms with Crippen molar-refractivity contribution in [2.75, 3.05) is 20.2 Å². The molecule has 0 saturated carbocycles. The van der Waals surface area contributed by atoms with E-state index in [0.29, 0.717) is 21.8 Å². The van der Waals surface area contributed by atoms with Gasteiger partial charge in [0.1, 0.15) is 5.75 Å². The second-order valence-electron chi connectivity index (χ2n) is 6.01. The van der Waals surface area contributed by atoms with Crippen LogP contribution in [0.15, 0.2) is 17.0 Å². The van der Waals surface area contributed by atoms with E-state index < -0.39 is 10.0 Å². The highest BCUT2D eigenvalue weighted by Gasteiger charge is 2.33. The van der Waals surface area contributed by atoms with Gasteiger partial charge in [-0.05, 0) is 70.0 Å². The second-order valence-corrected chi connectivity index (χ2v) is 7.63. The summed E-state index contributed by atoms with van der Waals surface area (Å²) in [6.07, 6.45) is 1.58. The largest absolute Gasteiger partial charge is 0.497 e. The first-order valence-electron chi connectivity index (χ1n) is 7.17. The molecular formula is C15H24N2O3S. The van der Waals surface area contributed by atoms with E-state index in [1.54, 1.807) is 33.1 Å². The number of hydrogen-bond acceptors (Lipinski definition) is 4. The van der Waals surface area contributed by atoms with Gasteiger partial charge in [0.2, 0.25) is 10.0 Å². The topological polar surface area (TPSA) is 67.4 Å². The van der Waals surface area contributed by atoms with Gasteiger partial charge in [0.15, 0.2) is 0 Å². The summed E-state index contributed by atoms with van der Waals surface area (Å²) in [7, 11) is -1.96. The molecule has 1 fully saturated rings. The van der Waals surface area contributed by atoms with E-state index in [-0.39, 0.29) is 5.54 Å². The molecule has 2 rings (SSSR count). The lowest BCUT2D eigenvalue weighted by Crippen LogP contribution is -2.52. The lowest BCUT2D eigenvalue weighted by Gasteiger charge is -2.34. The minimum absolute atomic E-state index is 0.364. The van der Waals surface area contributed by atoms with Gasteiger partial charge in [-0.15, -0.1) is 0 Å². The van der Waals surface area contributed by atoms with Crippen LogP contribution in [0.4, 0.5) is 0 Å². The van der Waals surface area contributed by atoms with Gasteiger partial charge in [0, 0.05) is 5.54 Å². The summed E-state index contributed by atoms with van der Waals surface area (Å²) < 4.78 is 33.6. The van der Waals surface area contributed by atoms with E-state index in [4.69, 9.17) is 4.74 Å². The van der Waals surface area contributed by atoms with Crippen LogP contribution >= 0.6 is 0 Å². The average molecular weight is 312 g/mol. The maximum Gasteiger partial charge on any atom is 0.241 e. The van der Waals surface area contributed by atoms with E-state index >= 15 is 0 Å². The normalized spacial score (nSPS) is 18.5. The summed E-state index contributed by atoms with van der Waals surface area (Å²) in [6, 6.07) is 3.51. The maximum atomic E-state index is 12.8. The van der Waals surface area contributed by atoms with Crippen molar-refractivity contribution in [2.45, 2.75) is 44.0 Å². The number of rotatable bonds is 4. The highest BCUT2D eigenvalue weighted by molar-refractivity contribution is 7.89. The third kappa shape index (κ3) is 3.56. The van der Waals surface area contributed by atoms with Crippen molar-refractivity contribution in [2.24, 2.45) is 0 Å². The molecule has 0 amide bonds. The minimum atomic E-state index is -3.54. The number of methoxy groups -OCH3 is 1. The van der Waals surface area contributed by atoms with Crippen molar-refractivity contribution >= 4 is 10.0 Å². The van der Waals surface area contributed by atoms with Gasteiger partial charge in [0.05, 0.1) is 12.0 Å². The van der Waals surface area contributed by atoms with Crippen LogP contribution in [0, 0.1) is 13.8 Å². The fourth-order valence-electron chi connectivity index (χ4n) is 2.91. The van der Waals surface area contributed by atoms with Gasteiger partial charge in [-0.3, -0.25) is 0 Å². The highest BCUT2D eigenvalue weighted by Crippen LogP contribution is 2.28. The molecule has 21 heavy (non-hydrogen) atoms. The molecule has 0 aliphatic carbocycles. The summed E-state index contributed by atoms with van der Waals surface area (Å²) in [4.78, 5) is 0.364. The molecule has 0 atom stereocenters. The van der Waals surface area contributed by atoms with E-state index in [1.807, 2.05) is 6.92 Å². The molecule has 2 N–H and O–H groups in total. The van der Waals surface area contributed by atoms with Gasteiger partial charge in [-0.1, -0.05) is 0 Å². The van der Waals surface area contributed by atoms with E-state index in [1.165, 1.54) is 0 Å². The van der Waals surface area contributed by atoms with Crippen molar-refractivity contribution in [3.8, 4) is 5.75 Å². The monoisotopic (exact) mass is 312 g/mol. The molecular weight excluding hydrogens is 288 g/mol. The molecule has 1 aliphatic rings. The summed E-state index contributed by atoms with van der Waals surface area (Å²) in [5.74, 6) is 0.678. The number of ether oxygens (including phenoxy) is 1. The number of piperidine rings is 1. The molecule has 0 bridgehead atoms. The first kappa shape index (κ1) is 16.3. The SMILES string of the molecule is COc1cc(C)c(S(=O)(=O)NC2(C)CCNCC2)c(C)c1. The van der Waals surface area contributed by atoms with Gasteiger partial charge in [-0.2, -0.15) is 0 Å². The highest BCUT2D eigenvalue weighted by atomic mass is 32.2. The minimum Gasteiger partial charge on any atom is -0.497 e. The van der Waals surface area contributed by atoms with Crippen LogP contribution in [0.2, 0.25) is 0 Å². The molecule has 0 unspecified atom stereocenters. The molecule has 5 nitrogen and oxygen atoms in total. The van der Waals surface area contributed by atoms with Crippen molar-refractivity contribution in [1.82, 2.24) is 10.0 Å². The van der Waals surface area contributed by atoms with Crippen LogP contribution in [-0.4, -0.2) is 34.2 Å². The molecule has 118 valence electrons. The van der Waals surface area contributed by atoms with Crippen LogP contribution in [-0.2, 0) is 10.0 Å². The van der Waals surface area contributed by atoms with Gasteiger partial charge >= 0.3 is 0 Å². The molecule has 0 spiro atoms. The lowest BCUT2D eigenvalue weighted by molar-refractivity contribution is 0.308. The Morgan fingerprint density at radius 1 is 1.19 bits per heavy atom. The Morgan fingerprint density at radius 2 is 1.71 bits per heavy atom. The van der Waals surface area contributed by atoms with Crippen LogP contribution in [0.25, 0.3) is 0 Å². The van der Waals surface area contributed by atoms with Crippen LogP contribution in [0.3, 0.4) is 0 Å². The standard InChI is InChI=1S/C15H24N2O3S/c1-11-9-13(20-4)10-12(2)14(11)21(18,19)17-15(3)5-7-16-8-6-15/h9-10,16-17H,5-8H2,1-4H3. The Hall–Kier alpha value is -1.11. The Morgan fingerprint density at radius 3 is 2.19 bits per heavy atom. The van der Waals surface area contributed by atoms with Gasteiger partial charge in [-0.25, -0.2) is 13.1 Å². The quantitative estimate of drug-likeness (QED) is 0.888. The van der Waals surface area contributed by atoms with E-state index in [2.05, 4.69) is 10.0 Å². The molecule has 0 aromatic heterocycles. The molecule has 0 radical (unpaired) electrons. The summed E-state index contributed by atoms with van der Waals surface area (Å²) in [6.45, 7) is 7.24. The third-order valence-corrected chi connectivity index (χ3v) is 5.97. The number of hydrogen-bond donors (Lipinski definition) is 2. The van der Waals surface area contributed by atoms with Crippen LogP contribution in [0.5, 0.6) is 5.75 Å². The first-order valence-corrected chi connectivity index (χ1v) is 8.66. The van der Waals surface area contributed by atoms with Gasteiger partial charge < -0.3 is 10.1 Å². The lowest BCUT2D eigenvalue weighted by atomic mass is 9.92. The molecule has 1 saturated heterocycles. The smallest absolute Gasteiger partial charge is 0.241 e. The van der Waals surface area contributed by atoms with Gasteiger partial charge in [0.25, 0.3) is 0 Å². The predicted octanol–water partition coefficient (Wildman–Crippen LogP) is 1.73. The summed E-state index contributed by atoms with van der Waals surface area (Å²) in [5.41, 5.74) is 1.02. The molecule has 1 aromatic rings. The summed E-state index contributed by atoms with van der Waals surface area (Å²) in [5, 5.41) is 3.25. The van der Waals surface area contributed by atoms with Crippen molar-refractivity contribution in [3.05, 3.63) is 23.3 Å².